The van der Waals surface area contributed by atoms with Crippen LogP contribution in [0.3, 0.4) is 0 Å². The molecule has 0 aliphatic carbocycles. The fourth-order valence-electron chi connectivity index (χ4n) is 3.00. The van der Waals surface area contributed by atoms with Crippen LogP contribution >= 0.6 is 12.2 Å². The Bertz CT molecular complexity index is 1140. The van der Waals surface area contributed by atoms with E-state index in [2.05, 4.69) is 15.6 Å². The summed E-state index contributed by atoms with van der Waals surface area (Å²) >= 11 is 5.32. The molecule has 1 aliphatic rings. The fraction of sp³-hybridized carbons (Fsp3) is 0.300. The van der Waals surface area contributed by atoms with Crippen LogP contribution in [0, 0.1) is 6.92 Å². The van der Waals surface area contributed by atoms with E-state index in [0.717, 1.165) is 5.56 Å². The normalized spacial score (nSPS) is 18.7. The molecule has 7 nitrogen and oxygen atoms in total. The molecule has 30 heavy (non-hydrogen) atoms. The molecule has 1 aliphatic heterocycles. The maximum absolute atomic E-state index is 12.6. The summed E-state index contributed by atoms with van der Waals surface area (Å²) in [6.45, 7) is 1.95. The van der Waals surface area contributed by atoms with Crippen molar-refractivity contribution in [1.29, 1.82) is 0 Å². The van der Waals surface area contributed by atoms with Crippen molar-refractivity contribution in [2.24, 2.45) is 4.99 Å². The molecular weight excluding hydrogens is 442 g/mol. The molecule has 0 unspecified atom stereocenters. The summed E-state index contributed by atoms with van der Waals surface area (Å²) in [5.41, 5.74) is 1.72. The average Bonchev–Trinajstić information content (AvgIpc) is 3.04. The molecule has 1 saturated heterocycles. The molecule has 0 bridgehead atoms. The summed E-state index contributed by atoms with van der Waals surface area (Å²) in [5, 5.41) is 6.13. The van der Waals surface area contributed by atoms with E-state index in [9.17, 15) is 16.8 Å². The predicted molar refractivity (Wildman–Crippen MR) is 122 cm³/mol. The van der Waals surface area contributed by atoms with Gasteiger partial charge < -0.3 is 10.6 Å². The second kappa shape index (κ2) is 9.23. The maximum atomic E-state index is 12.6. The minimum Gasteiger partial charge on any atom is -0.359 e. The number of hydrogen-bond donors (Lipinski definition) is 2. The zero-order chi connectivity index (χ0) is 21.8. The monoisotopic (exact) mass is 465 g/mol. The molecule has 0 amide bonds. The van der Waals surface area contributed by atoms with E-state index in [4.69, 9.17) is 12.2 Å². The third-order valence-corrected chi connectivity index (χ3v) is 8.07. The van der Waals surface area contributed by atoms with Crippen molar-refractivity contribution in [1.82, 2.24) is 10.6 Å². The summed E-state index contributed by atoms with van der Waals surface area (Å²) in [4.78, 5) is 4.48. The van der Waals surface area contributed by atoms with Crippen LogP contribution in [0.1, 0.15) is 17.5 Å². The molecule has 0 spiro atoms. The minimum atomic E-state index is -3.62. The van der Waals surface area contributed by atoms with Crippen molar-refractivity contribution in [3.05, 3.63) is 65.7 Å². The highest BCUT2D eigenvalue weighted by molar-refractivity contribution is 7.91. The minimum absolute atomic E-state index is 0.0220. The van der Waals surface area contributed by atoms with Crippen molar-refractivity contribution in [2.45, 2.75) is 24.3 Å². The first kappa shape index (κ1) is 22.4. The van der Waals surface area contributed by atoms with Crippen LogP contribution in [-0.2, 0) is 19.7 Å². The Labute approximate surface area is 182 Å². The zero-order valence-corrected chi connectivity index (χ0v) is 18.9. The number of rotatable bonds is 5. The van der Waals surface area contributed by atoms with Crippen molar-refractivity contribution in [3.8, 4) is 0 Å². The van der Waals surface area contributed by atoms with Gasteiger partial charge in [-0.05, 0) is 37.7 Å². The number of amidine groups is 1. The van der Waals surface area contributed by atoms with Crippen LogP contribution in [0.15, 0.2) is 64.5 Å². The van der Waals surface area contributed by atoms with Gasteiger partial charge in [-0.15, -0.1) is 0 Å². The Morgan fingerprint density at radius 2 is 1.80 bits per heavy atom. The first-order valence-corrected chi connectivity index (χ1v) is 13.2. The highest BCUT2D eigenvalue weighted by Gasteiger charge is 2.28. The van der Waals surface area contributed by atoms with Crippen molar-refractivity contribution < 1.29 is 16.8 Å². The summed E-state index contributed by atoms with van der Waals surface area (Å²) in [6.07, 6.45) is 0.476. The Kier molecular flexibility index (Phi) is 6.89. The summed E-state index contributed by atoms with van der Waals surface area (Å²) in [6, 6.07) is 15.2. The number of nitrogens with zero attached hydrogens (tertiary/aromatic N) is 1. The largest absolute Gasteiger partial charge is 0.359 e. The SMILES string of the molecule is Cc1ccc(C(=NCS(=O)(=O)c2ccccc2)NC(=S)N[C@H]2CCS(=O)(=O)C2)cc1. The molecule has 3 rings (SSSR count). The molecule has 10 heteroatoms. The molecule has 2 aromatic carbocycles. The topological polar surface area (TPSA) is 105 Å². The molecule has 1 fully saturated rings. The number of aryl methyl sites for hydroxylation is 1. The second-order valence-electron chi connectivity index (χ2n) is 7.13. The van der Waals surface area contributed by atoms with Gasteiger partial charge in [-0.1, -0.05) is 48.0 Å². The van der Waals surface area contributed by atoms with E-state index < -0.39 is 25.6 Å². The van der Waals surface area contributed by atoms with Crippen LogP contribution in [-0.4, -0.2) is 51.2 Å². The number of sulfone groups is 2. The maximum Gasteiger partial charge on any atom is 0.198 e. The van der Waals surface area contributed by atoms with Crippen LogP contribution in [0.25, 0.3) is 0 Å². The average molecular weight is 466 g/mol. The molecule has 0 aromatic heterocycles. The van der Waals surface area contributed by atoms with Crippen LogP contribution in [0.2, 0.25) is 0 Å². The van der Waals surface area contributed by atoms with Gasteiger partial charge in [-0.3, -0.25) is 4.99 Å². The van der Waals surface area contributed by atoms with E-state index in [1.165, 1.54) is 12.1 Å². The molecule has 1 heterocycles. The number of nitrogens with one attached hydrogen (secondary N) is 2. The number of hydrogen-bond acceptors (Lipinski definition) is 6. The molecule has 0 saturated carbocycles. The molecule has 1 atom stereocenters. The lowest BCUT2D eigenvalue weighted by atomic mass is 10.1. The van der Waals surface area contributed by atoms with Gasteiger partial charge in [-0.2, -0.15) is 0 Å². The molecule has 0 radical (unpaired) electrons. The van der Waals surface area contributed by atoms with Gasteiger partial charge in [0.25, 0.3) is 0 Å². The zero-order valence-electron chi connectivity index (χ0n) is 16.4. The Balaban J connectivity index is 1.79. The van der Waals surface area contributed by atoms with E-state index >= 15 is 0 Å². The fourth-order valence-corrected chi connectivity index (χ4v) is 5.96. The van der Waals surface area contributed by atoms with E-state index in [1.807, 2.05) is 31.2 Å². The summed E-state index contributed by atoms with van der Waals surface area (Å²) < 4.78 is 48.5. The van der Waals surface area contributed by atoms with Gasteiger partial charge in [0.15, 0.2) is 24.8 Å². The van der Waals surface area contributed by atoms with Gasteiger partial charge in [0.1, 0.15) is 11.7 Å². The first-order valence-electron chi connectivity index (χ1n) is 9.32. The van der Waals surface area contributed by atoms with Gasteiger partial charge >= 0.3 is 0 Å². The standard InChI is InChI=1S/C20H23N3O4S3/c1-15-7-9-16(10-8-15)19(21-14-30(26,27)18-5-3-2-4-6-18)23-20(28)22-17-11-12-29(24,25)13-17/h2-10,17H,11-14H2,1H3,(H2,21,22,23,28)/t17-/m0/s1. The Morgan fingerprint density at radius 1 is 1.13 bits per heavy atom. The molecular formula is C20H23N3O4S3. The van der Waals surface area contributed by atoms with Gasteiger partial charge in [0, 0.05) is 11.6 Å². The number of thiocarbonyl (C=S) groups is 1. The molecule has 2 N–H and O–H groups in total. The van der Waals surface area contributed by atoms with Crippen molar-refractivity contribution in [3.63, 3.8) is 0 Å². The first-order chi connectivity index (χ1) is 14.1. The van der Waals surface area contributed by atoms with Gasteiger partial charge in [0.2, 0.25) is 0 Å². The number of aliphatic imine (C=N–C) groups is 1. The Hall–Kier alpha value is -2.30. The van der Waals surface area contributed by atoms with Crippen LogP contribution in [0.5, 0.6) is 0 Å². The Morgan fingerprint density at radius 3 is 2.40 bits per heavy atom. The smallest absolute Gasteiger partial charge is 0.198 e. The van der Waals surface area contributed by atoms with Crippen LogP contribution < -0.4 is 10.6 Å². The third kappa shape index (κ3) is 6.10. The van der Waals surface area contributed by atoms with Gasteiger partial charge in [-0.25, -0.2) is 16.8 Å². The van der Waals surface area contributed by atoms with E-state index in [0.29, 0.717) is 17.8 Å². The number of benzene rings is 2. The lowest BCUT2D eigenvalue weighted by Crippen LogP contribution is -2.45. The summed E-state index contributed by atoms with van der Waals surface area (Å²) in [7, 11) is -6.66. The molecule has 160 valence electrons. The highest BCUT2D eigenvalue weighted by atomic mass is 32.2. The quantitative estimate of drug-likeness (QED) is 0.394. The van der Waals surface area contributed by atoms with Crippen molar-refractivity contribution in [2.75, 3.05) is 17.4 Å². The second-order valence-corrected chi connectivity index (χ2v) is 11.7. The van der Waals surface area contributed by atoms with E-state index in [1.54, 1.807) is 18.2 Å². The lowest BCUT2D eigenvalue weighted by Gasteiger charge is -2.16. The van der Waals surface area contributed by atoms with Crippen LogP contribution in [0.4, 0.5) is 0 Å². The summed E-state index contributed by atoms with van der Waals surface area (Å²) in [5.74, 6) is -0.00327. The lowest BCUT2D eigenvalue weighted by molar-refractivity contribution is 0.595. The highest BCUT2D eigenvalue weighted by Crippen LogP contribution is 2.13. The van der Waals surface area contributed by atoms with E-state index in [-0.39, 0.29) is 27.6 Å². The molecule has 2 aromatic rings. The predicted octanol–water partition coefficient (Wildman–Crippen LogP) is 1.82. The third-order valence-electron chi connectivity index (χ3n) is 4.62. The van der Waals surface area contributed by atoms with Gasteiger partial charge in [0.05, 0.1) is 16.4 Å². The van der Waals surface area contributed by atoms with Crippen molar-refractivity contribution >= 4 is 42.8 Å².